The van der Waals surface area contributed by atoms with E-state index in [0.717, 1.165) is 12.8 Å². The molecule has 0 saturated heterocycles. The Morgan fingerprint density at radius 1 is 1.25 bits per heavy atom. The molecule has 90 valence electrons. The highest BCUT2D eigenvalue weighted by atomic mass is 16.3. The van der Waals surface area contributed by atoms with E-state index in [2.05, 4.69) is 50.4 Å². The second kappa shape index (κ2) is 6.66. The SMILES string of the molecule is CCCC(O)CNC(C)c1ccc(C)cc1. The van der Waals surface area contributed by atoms with Crippen molar-refractivity contribution in [2.75, 3.05) is 6.54 Å². The van der Waals surface area contributed by atoms with Crippen molar-refractivity contribution in [2.24, 2.45) is 0 Å². The Morgan fingerprint density at radius 3 is 2.44 bits per heavy atom. The maximum absolute atomic E-state index is 9.63. The minimum absolute atomic E-state index is 0.224. The third kappa shape index (κ3) is 4.33. The summed E-state index contributed by atoms with van der Waals surface area (Å²) in [5.41, 5.74) is 2.55. The van der Waals surface area contributed by atoms with E-state index in [1.54, 1.807) is 0 Å². The van der Waals surface area contributed by atoms with Crippen LogP contribution < -0.4 is 5.32 Å². The van der Waals surface area contributed by atoms with Crippen LogP contribution in [0.3, 0.4) is 0 Å². The normalized spacial score (nSPS) is 14.8. The summed E-state index contributed by atoms with van der Waals surface area (Å²) >= 11 is 0. The predicted octanol–water partition coefficient (Wildman–Crippen LogP) is 2.81. The van der Waals surface area contributed by atoms with E-state index in [9.17, 15) is 5.11 Å². The number of aryl methyl sites for hydroxylation is 1. The highest BCUT2D eigenvalue weighted by Gasteiger charge is 2.07. The van der Waals surface area contributed by atoms with Gasteiger partial charge in [-0.2, -0.15) is 0 Å². The van der Waals surface area contributed by atoms with Gasteiger partial charge in [0, 0.05) is 12.6 Å². The van der Waals surface area contributed by atoms with Gasteiger partial charge in [0.25, 0.3) is 0 Å². The van der Waals surface area contributed by atoms with E-state index >= 15 is 0 Å². The van der Waals surface area contributed by atoms with Crippen LogP contribution >= 0.6 is 0 Å². The average Bonchev–Trinajstić information content (AvgIpc) is 2.27. The molecule has 0 heterocycles. The number of aliphatic hydroxyl groups excluding tert-OH is 1. The highest BCUT2D eigenvalue weighted by molar-refractivity contribution is 5.23. The van der Waals surface area contributed by atoms with Crippen molar-refractivity contribution in [3.8, 4) is 0 Å². The van der Waals surface area contributed by atoms with Crippen LogP contribution in [0.25, 0.3) is 0 Å². The lowest BCUT2D eigenvalue weighted by molar-refractivity contribution is 0.157. The first kappa shape index (κ1) is 13.2. The van der Waals surface area contributed by atoms with Gasteiger partial charge in [-0.05, 0) is 25.8 Å². The molecular weight excluding hydrogens is 198 g/mol. The number of hydrogen-bond donors (Lipinski definition) is 2. The molecule has 0 amide bonds. The summed E-state index contributed by atoms with van der Waals surface area (Å²) in [6.07, 6.45) is 1.67. The van der Waals surface area contributed by atoms with E-state index in [-0.39, 0.29) is 6.10 Å². The fourth-order valence-corrected chi connectivity index (χ4v) is 1.72. The predicted molar refractivity (Wildman–Crippen MR) is 68.5 cm³/mol. The van der Waals surface area contributed by atoms with Crippen LogP contribution in [-0.2, 0) is 0 Å². The molecule has 1 rings (SSSR count). The van der Waals surface area contributed by atoms with Crippen LogP contribution in [0, 0.1) is 6.92 Å². The number of aliphatic hydroxyl groups is 1. The van der Waals surface area contributed by atoms with Crippen LogP contribution in [0.4, 0.5) is 0 Å². The molecule has 0 aliphatic carbocycles. The van der Waals surface area contributed by atoms with E-state index in [1.165, 1.54) is 11.1 Å². The molecule has 0 radical (unpaired) electrons. The summed E-state index contributed by atoms with van der Waals surface area (Å²) in [6, 6.07) is 8.82. The van der Waals surface area contributed by atoms with Crippen molar-refractivity contribution >= 4 is 0 Å². The van der Waals surface area contributed by atoms with Crippen LogP contribution in [0.5, 0.6) is 0 Å². The Kier molecular flexibility index (Phi) is 5.50. The molecule has 2 heteroatoms. The van der Waals surface area contributed by atoms with Crippen molar-refractivity contribution in [1.82, 2.24) is 5.32 Å². The van der Waals surface area contributed by atoms with Gasteiger partial charge < -0.3 is 10.4 Å². The number of nitrogens with one attached hydrogen (secondary N) is 1. The van der Waals surface area contributed by atoms with Crippen molar-refractivity contribution < 1.29 is 5.11 Å². The van der Waals surface area contributed by atoms with E-state index < -0.39 is 0 Å². The van der Waals surface area contributed by atoms with Gasteiger partial charge in [-0.3, -0.25) is 0 Å². The first-order valence-corrected chi connectivity index (χ1v) is 6.11. The molecule has 2 N–H and O–H groups in total. The van der Waals surface area contributed by atoms with Crippen molar-refractivity contribution in [3.63, 3.8) is 0 Å². The molecular formula is C14H23NO. The molecule has 2 unspecified atom stereocenters. The standard InChI is InChI=1S/C14H23NO/c1-4-5-14(16)10-15-12(3)13-8-6-11(2)7-9-13/h6-9,12,14-16H,4-5,10H2,1-3H3. The second-order valence-electron chi connectivity index (χ2n) is 4.48. The Morgan fingerprint density at radius 2 is 1.88 bits per heavy atom. The Bertz CT molecular complexity index is 294. The summed E-state index contributed by atoms with van der Waals surface area (Å²) in [4.78, 5) is 0. The highest BCUT2D eigenvalue weighted by Crippen LogP contribution is 2.13. The topological polar surface area (TPSA) is 32.3 Å². The summed E-state index contributed by atoms with van der Waals surface area (Å²) in [6.45, 7) is 6.98. The Balaban J connectivity index is 2.40. The van der Waals surface area contributed by atoms with Crippen LogP contribution in [0.15, 0.2) is 24.3 Å². The molecule has 2 nitrogen and oxygen atoms in total. The number of rotatable bonds is 6. The first-order chi connectivity index (χ1) is 7.63. The average molecular weight is 221 g/mol. The van der Waals surface area contributed by atoms with E-state index in [4.69, 9.17) is 0 Å². The minimum Gasteiger partial charge on any atom is -0.392 e. The molecule has 0 saturated carbocycles. The third-order valence-corrected chi connectivity index (χ3v) is 2.86. The van der Waals surface area contributed by atoms with Crippen molar-refractivity contribution in [1.29, 1.82) is 0 Å². The van der Waals surface area contributed by atoms with Gasteiger partial charge in [-0.1, -0.05) is 43.2 Å². The number of hydrogen-bond acceptors (Lipinski definition) is 2. The smallest absolute Gasteiger partial charge is 0.0664 e. The molecule has 0 aliphatic rings. The molecule has 1 aromatic carbocycles. The molecule has 0 fully saturated rings. The van der Waals surface area contributed by atoms with Gasteiger partial charge in [0.15, 0.2) is 0 Å². The van der Waals surface area contributed by atoms with E-state index in [1.807, 2.05) is 0 Å². The summed E-state index contributed by atoms with van der Waals surface area (Å²) < 4.78 is 0. The lowest BCUT2D eigenvalue weighted by Gasteiger charge is -2.17. The van der Waals surface area contributed by atoms with Crippen LogP contribution in [-0.4, -0.2) is 17.8 Å². The van der Waals surface area contributed by atoms with Crippen LogP contribution in [0.2, 0.25) is 0 Å². The van der Waals surface area contributed by atoms with Gasteiger partial charge in [-0.25, -0.2) is 0 Å². The van der Waals surface area contributed by atoms with Crippen LogP contribution in [0.1, 0.15) is 43.9 Å². The minimum atomic E-state index is -0.224. The fraction of sp³-hybridized carbons (Fsp3) is 0.571. The zero-order valence-electron chi connectivity index (χ0n) is 10.5. The zero-order chi connectivity index (χ0) is 12.0. The molecule has 0 bridgehead atoms. The molecule has 0 aliphatic heterocycles. The van der Waals surface area contributed by atoms with Gasteiger partial charge in [0.05, 0.1) is 6.10 Å². The zero-order valence-corrected chi connectivity index (χ0v) is 10.5. The van der Waals surface area contributed by atoms with Gasteiger partial charge >= 0.3 is 0 Å². The lowest BCUT2D eigenvalue weighted by atomic mass is 10.1. The molecule has 2 atom stereocenters. The molecule has 1 aromatic rings. The molecule has 0 spiro atoms. The monoisotopic (exact) mass is 221 g/mol. The summed E-state index contributed by atoms with van der Waals surface area (Å²) in [7, 11) is 0. The number of benzene rings is 1. The molecule has 16 heavy (non-hydrogen) atoms. The quantitative estimate of drug-likeness (QED) is 0.774. The lowest BCUT2D eigenvalue weighted by Crippen LogP contribution is -2.28. The summed E-state index contributed by atoms with van der Waals surface area (Å²) in [5, 5.41) is 13.0. The van der Waals surface area contributed by atoms with Gasteiger partial charge in [0.1, 0.15) is 0 Å². The Labute approximate surface area is 98.7 Å². The summed E-state index contributed by atoms with van der Waals surface area (Å²) in [5.74, 6) is 0. The van der Waals surface area contributed by atoms with E-state index in [0.29, 0.717) is 12.6 Å². The van der Waals surface area contributed by atoms with Crippen molar-refractivity contribution in [3.05, 3.63) is 35.4 Å². The van der Waals surface area contributed by atoms with Gasteiger partial charge in [0.2, 0.25) is 0 Å². The second-order valence-corrected chi connectivity index (χ2v) is 4.48. The Hall–Kier alpha value is -0.860. The fourth-order valence-electron chi connectivity index (χ4n) is 1.72. The third-order valence-electron chi connectivity index (χ3n) is 2.86. The molecule has 0 aromatic heterocycles. The maximum atomic E-state index is 9.63. The first-order valence-electron chi connectivity index (χ1n) is 6.11. The maximum Gasteiger partial charge on any atom is 0.0664 e. The largest absolute Gasteiger partial charge is 0.392 e. The van der Waals surface area contributed by atoms with Crippen molar-refractivity contribution in [2.45, 2.75) is 45.8 Å². The van der Waals surface area contributed by atoms with Gasteiger partial charge in [-0.15, -0.1) is 0 Å².